The summed E-state index contributed by atoms with van der Waals surface area (Å²) in [5.74, 6) is 0.0306. The van der Waals surface area contributed by atoms with Gasteiger partial charge in [0.2, 0.25) is 0 Å². The molecule has 76 valence electrons. The fourth-order valence-corrected chi connectivity index (χ4v) is 1.49. The summed E-state index contributed by atoms with van der Waals surface area (Å²) in [5, 5.41) is 0. The van der Waals surface area contributed by atoms with E-state index >= 15 is 0 Å². The second-order valence-corrected chi connectivity index (χ2v) is 3.54. The van der Waals surface area contributed by atoms with Crippen molar-refractivity contribution in [3.05, 3.63) is 29.6 Å². The van der Waals surface area contributed by atoms with Crippen molar-refractivity contribution in [2.75, 3.05) is 13.2 Å². The van der Waals surface area contributed by atoms with Gasteiger partial charge in [-0.05, 0) is 24.6 Å². The van der Waals surface area contributed by atoms with E-state index in [2.05, 4.69) is 0 Å². The molecule has 1 aromatic carbocycles. The van der Waals surface area contributed by atoms with Crippen molar-refractivity contribution in [1.29, 1.82) is 0 Å². The predicted octanol–water partition coefficient (Wildman–Crippen LogP) is 2.30. The molecule has 0 saturated carbocycles. The first-order valence-corrected chi connectivity index (χ1v) is 4.76. The maximum Gasteiger partial charge on any atom is 0.165 e. The van der Waals surface area contributed by atoms with Gasteiger partial charge in [0, 0.05) is 6.42 Å². The largest absolute Gasteiger partial charge is 0.485 e. The van der Waals surface area contributed by atoms with E-state index in [0.29, 0.717) is 19.0 Å². The molecule has 1 heterocycles. The molecule has 1 aromatic rings. The lowest BCUT2D eigenvalue weighted by Crippen LogP contribution is -2.16. The van der Waals surface area contributed by atoms with Gasteiger partial charge in [0.15, 0.2) is 11.6 Å². The molecule has 0 bridgehead atoms. The zero-order chi connectivity index (χ0) is 9.97. The van der Waals surface area contributed by atoms with Gasteiger partial charge < -0.3 is 9.47 Å². The third-order valence-electron chi connectivity index (χ3n) is 2.27. The summed E-state index contributed by atoms with van der Waals surface area (Å²) >= 11 is 0. The highest BCUT2D eigenvalue weighted by molar-refractivity contribution is 5.28. The number of benzene rings is 1. The first-order chi connectivity index (χ1) is 6.75. The standard InChI is InChI=1S/C11H13FO2/c1-8-2-3-11(10(12)6-8)14-9-4-5-13-7-9/h2-3,6,9H,4-5,7H2,1H3/t9-/m1/s1. The molecule has 2 rings (SSSR count). The molecule has 0 aliphatic carbocycles. The highest BCUT2D eigenvalue weighted by atomic mass is 19.1. The van der Waals surface area contributed by atoms with Crippen LogP contribution in [0.15, 0.2) is 18.2 Å². The zero-order valence-electron chi connectivity index (χ0n) is 8.13. The fraction of sp³-hybridized carbons (Fsp3) is 0.455. The Morgan fingerprint density at radius 2 is 2.36 bits per heavy atom. The third-order valence-corrected chi connectivity index (χ3v) is 2.27. The van der Waals surface area contributed by atoms with Crippen LogP contribution in [0.25, 0.3) is 0 Å². The van der Waals surface area contributed by atoms with Crippen LogP contribution in [-0.4, -0.2) is 19.3 Å². The van der Waals surface area contributed by atoms with E-state index in [9.17, 15) is 4.39 Å². The average Bonchev–Trinajstić information content (AvgIpc) is 2.62. The Bertz CT molecular complexity index is 319. The van der Waals surface area contributed by atoms with Crippen molar-refractivity contribution in [3.8, 4) is 5.75 Å². The summed E-state index contributed by atoms with van der Waals surface area (Å²) in [6.45, 7) is 3.12. The summed E-state index contributed by atoms with van der Waals surface area (Å²) in [6.07, 6.45) is 0.847. The molecule has 0 aromatic heterocycles. The molecular weight excluding hydrogens is 183 g/mol. The van der Waals surface area contributed by atoms with E-state index in [4.69, 9.17) is 9.47 Å². The number of rotatable bonds is 2. The minimum absolute atomic E-state index is 0.00667. The summed E-state index contributed by atoms with van der Waals surface area (Å²) in [7, 11) is 0. The van der Waals surface area contributed by atoms with Gasteiger partial charge in [-0.2, -0.15) is 0 Å². The first-order valence-electron chi connectivity index (χ1n) is 4.76. The average molecular weight is 196 g/mol. The second kappa shape index (κ2) is 3.96. The Kier molecular flexibility index (Phi) is 2.68. The summed E-state index contributed by atoms with van der Waals surface area (Å²) in [5.41, 5.74) is 0.900. The molecule has 1 atom stereocenters. The fourth-order valence-electron chi connectivity index (χ4n) is 1.49. The van der Waals surface area contributed by atoms with Gasteiger partial charge in [0.1, 0.15) is 6.10 Å². The minimum Gasteiger partial charge on any atom is -0.485 e. The van der Waals surface area contributed by atoms with Crippen LogP contribution in [0.3, 0.4) is 0 Å². The number of aryl methyl sites for hydroxylation is 1. The Labute approximate surface area is 82.6 Å². The van der Waals surface area contributed by atoms with E-state index < -0.39 is 0 Å². The SMILES string of the molecule is Cc1ccc(O[C@@H]2CCOC2)c(F)c1. The van der Waals surface area contributed by atoms with Gasteiger partial charge in [0.05, 0.1) is 13.2 Å². The van der Waals surface area contributed by atoms with Gasteiger partial charge >= 0.3 is 0 Å². The van der Waals surface area contributed by atoms with Crippen LogP contribution in [0.4, 0.5) is 4.39 Å². The van der Waals surface area contributed by atoms with Gasteiger partial charge in [-0.25, -0.2) is 4.39 Å². The first kappa shape index (κ1) is 9.46. The maximum absolute atomic E-state index is 13.3. The van der Waals surface area contributed by atoms with Crippen molar-refractivity contribution < 1.29 is 13.9 Å². The molecule has 1 saturated heterocycles. The number of halogens is 1. The topological polar surface area (TPSA) is 18.5 Å². The van der Waals surface area contributed by atoms with Crippen molar-refractivity contribution in [3.63, 3.8) is 0 Å². The Morgan fingerprint density at radius 3 is 3.00 bits per heavy atom. The highest BCUT2D eigenvalue weighted by Gasteiger charge is 2.18. The van der Waals surface area contributed by atoms with Gasteiger partial charge in [-0.3, -0.25) is 0 Å². The number of ether oxygens (including phenoxy) is 2. The Morgan fingerprint density at radius 1 is 1.50 bits per heavy atom. The van der Waals surface area contributed by atoms with Crippen LogP contribution in [0.5, 0.6) is 5.75 Å². The molecule has 3 heteroatoms. The van der Waals surface area contributed by atoms with Crippen LogP contribution in [0, 0.1) is 12.7 Å². The van der Waals surface area contributed by atoms with E-state index in [1.165, 1.54) is 6.07 Å². The minimum atomic E-state index is -0.295. The Hall–Kier alpha value is -1.09. The van der Waals surface area contributed by atoms with Crippen LogP contribution >= 0.6 is 0 Å². The van der Waals surface area contributed by atoms with E-state index in [-0.39, 0.29) is 11.9 Å². The van der Waals surface area contributed by atoms with E-state index in [1.54, 1.807) is 6.07 Å². The summed E-state index contributed by atoms with van der Waals surface area (Å²) in [4.78, 5) is 0. The molecule has 1 aliphatic rings. The molecule has 1 fully saturated rings. The van der Waals surface area contributed by atoms with Gasteiger partial charge in [-0.15, -0.1) is 0 Å². The molecular formula is C11H13FO2. The number of hydrogen-bond acceptors (Lipinski definition) is 2. The Balaban J connectivity index is 2.08. The van der Waals surface area contributed by atoms with Crippen molar-refractivity contribution >= 4 is 0 Å². The lowest BCUT2D eigenvalue weighted by Gasteiger charge is -2.12. The van der Waals surface area contributed by atoms with Crippen molar-refractivity contribution in [2.45, 2.75) is 19.4 Å². The maximum atomic E-state index is 13.3. The predicted molar refractivity (Wildman–Crippen MR) is 51.0 cm³/mol. The third kappa shape index (κ3) is 2.04. The lowest BCUT2D eigenvalue weighted by atomic mass is 10.2. The lowest BCUT2D eigenvalue weighted by molar-refractivity contribution is 0.138. The van der Waals surface area contributed by atoms with Crippen LogP contribution < -0.4 is 4.74 Å². The van der Waals surface area contributed by atoms with Gasteiger partial charge in [0.25, 0.3) is 0 Å². The summed E-state index contributed by atoms with van der Waals surface area (Å²) in [6, 6.07) is 4.99. The summed E-state index contributed by atoms with van der Waals surface area (Å²) < 4.78 is 23.9. The normalized spacial score (nSPS) is 21.1. The molecule has 1 aliphatic heterocycles. The van der Waals surface area contributed by atoms with Crippen LogP contribution in [0.2, 0.25) is 0 Å². The van der Waals surface area contributed by atoms with Crippen molar-refractivity contribution in [1.82, 2.24) is 0 Å². The molecule has 0 spiro atoms. The van der Waals surface area contributed by atoms with Gasteiger partial charge in [-0.1, -0.05) is 6.07 Å². The van der Waals surface area contributed by atoms with E-state index in [0.717, 1.165) is 12.0 Å². The van der Waals surface area contributed by atoms with Crippen molar-refractivity contribution in [2.24, 2.45) is 0 Å². The molecule has 14 heavy (non-hydrogen) atoms. The monoisotopic (exact) mass is 196 g/mol. The second-order valence-electron chi connectivity index (χ2n) is 3.54. The molecule has 0 radical (unpaired) electrons. The molecule has 0 amide bonds. The van der Waals surface area contributed by atoms with E-state index in [1.807, 2.05) is 13.0 Å². The van der Waals surface area contributed by atoms with Crippen LogP contribution in [-0.2, 0) is 4.74 Å². The molecule has 0 N–H and O–H groups in total. The molecule has 2 nitrogen and oxygen atoms in total. The zero-order valence-corrected chi connectivity index (χ0v) is 8.13. The molecule has 0 unspecified atom stereocenters. The highest BCUT2D eigenvalue weighted by Crippen LogP contribution is 2.21. The van der Waals surface area contributed by atoms with Crippen LogP contribution in [0.1, 0.15) is 12.0 Å². The smallest absolute Gasteiger partial charge is 0.165 e. The number of hydrogen-bond donors (Lipinski definition) is 0. The quantitative estimate of drug-likeness (QED) is 0.722.